The van der Waals surface area contributed by atoms with Crippen molar-refractivity contribution in [3.05, 3.63) is 30.3 Å². The highest BCUT2D eigenvalue weighted by Gasteiger charge is 2.55. The normalized spacial score (nSPS) is 31.7. The van der Waals surface area contributed by atoms with Crippen LogP contribution in [-0.2, 0) is 0 Å². The van der Waals surface area contributed by atoms with Gasteiger partial charge >= 0.3 is 0 Å². The molecule has 0 aromatic heterocycles. The summed E-state index contributed by atoms with van der Waals surface area (Å²) >= 11 is 0. The third kappa shape index (κ3) is 1.62. The number of para-hydroxylation sites is 1. The molecule has 1 aliphatic heterocycles. The second-order valence-electron chi connectivity index (χ2n) is 5.75. The minimum Gasteiger partial charge on any atom is -0.0881 e. The van der Waals surface area contributed by atoms with Crippen LogP contribution in [0.2, 0.25) is 0 Å². The Morgan fingerprint density at radius 3 is 2.71 bits per heavy atom. The van der Waals surface area contributed by atoms with Crippen molar-refractivity contribution in [2.45, 2.75) is 38.6 Å². The Morgan fingerprint density at radius 1 is 1.29 bits per heavy atom. The number of hydrogen-bond acceptors (Lipinski definition) is 1. The first-order chi connectivity index (χ1) is 8.22. The Bertz CT molecular complexity index is 435. The largest absolute Gasteiger partial charge is 0.231 e. The molecule has 1 saturated carbocycles. The first-order valence-corrected chi connectivity index (χ1v) is 6.78. The molecule has 17 heavy (non-hydrogen) atoms. The SMILES string of the molecule is CC(C)[C@@]12CCC[C@@H]1C[N+](c1ccccc1)=N2. The van der Waals surface area contributed by atoms with Gasteiger partial charge in [-0.2, -0.15) is 0 Å². The molecule has 0 N–H and O–H groups in total. The van der Waals surface area contributed by atoms with Crippen LogP contribution in [0.25, 0.3) is 0 Å². The van der Waals surface area contributed by atoms with E-state index in [-0.39, 0.29) is 5.54 Å². The maximum Gasteiger partial charge on any atom is 0.231 e. The van der Waals surface area contributed by atoms with Crippen molar-refractivity contribution in [1.29, 1.82) is 0 Å². The molecule has 2 heteroatoms. The fourth-order valence-corrected chi connectivity index (χ4v) is 3.58. The second kappa shape index (κ2) is 3.94. The molecule has 90 valence electrons. The Balaban J connectivity index is 1.98. The highest BCUT2D eigenvalue weighted by Crippen LogP contribution is 2.48. The van der Waals surface area contributed by atoms with E-state index >= 15 is 0 Å². The van der Waals surface area contributed by atoms with E-state index in [0.717, 1.165) is 12.5 Å². The third-order valence-electron chi connectivity index (χ3n) is 4.59. The molecule has 2 atom stereocenters. The molecular weight excluding hydrogens is 208 g/mol. The van der Waals surface area contributed by atoms with E-state index in [9.17, 15) is 0 Å². The molecule has 1 aromatic carbocycles. The van der Waals surface area contributed by atoms with E-state index in [1.54, 1.807) is 0 Å². The number of rotatable bonds is 2. The smallest absolute Gasteiger partial charge is 0.0881 e. The molecule has 0 unspecified atom stereocenters. The maximum absolute atomic E-state index is 5.08. The van der Waals surface area contributed by atoms with Gasteiger partial charge in [-0.1, -0.05) is 43.2 Å². The highest BCUT2D eigenvalue weighted by molar-refractivity contribution is 5.28. The van der Waals surface area contributed by atoms with E-state index in [0.29, 0.717) is 5.92 Å². The number of hydrogen-bond donors (Lipinski definition) is 0. The number of fused-ring (bicyclic) bond motifs is 1. The van der Waals surface area contributed by atoms with Crippen molar-refractivity contribution in [3.8, 4) is 0 Å². The van der Waals surface area contributed by atoms with Gasteiger partial charge < -0.3 is 0 Å². The number of nitrogens with zero attached hydrogens (tertiary/aromatic N) is 2. The Kier molecular flexibility index (Phi) is 2.53. The van der Waals surface area contributed by atoms with Crippen LogP contribution < -0.4 is 0 Å². The minimum atomic E-state index is 0.232. The molecule has 1 fully saturated rings. The standard InChI is InChI=1S/C15H21N2/c1-12(2)15-10-6-7-13(15)11-17(16-15)14-8-4-3-5-9-14/h3-5,8-9,12-13H,6-7,10-11H2,1-2H3/q+1/t13-,15+/m1/s1. The number of benzene rings is 1. The van der Waals surface area contributed by atoms with Gasteiger partial charge in [0.1, 0.15) is 5.54 Å². The van der Waals surface area contributed by atoms with E-state index in [4.69, 9.17) is 5.11 Å². The molecule has 3 rings (SSSR count). The van der Waals surface area contributed by atoms with Crippen molar-refractivity contribution in [1.82, 2.24) is 0 Å². The van der Waals surface area contributed by atoms with E-state index in [1.807, 2.05) is 0 Å². The van der Waals surface area contributed by atoms with Crippen molar-refractivity contribution >= 4 is 5.69 Å². The summed E-state index contributed by atoms with van der Waals surface area (Å²) in [6.07, 6.45) is 3.98. The summed E-state index contributed by atoms with van der Waals surface area (Å²) in [7, 11) is 0. The maximum atomic E-state index is 5.08. The molecule has 2 aliphatic rings. The zero-order valence-electron chi connectivity index (χ0n) is 10.8. The lowest BCUT2D eigenvalue weighted by molar-refractivity contribution is -0.504. The Hall–Kier alpha value is -1.18. The molecule has 1 aliphatic carbocycles. The quantitative estimate of drug-likeness (QED) is 0.681. The molecule has 0 spiro atoms. The molecule has 2 nitrogen and oxygen atoms in total. The van der Waals surface area contributed by atoms with Gasteiger partial charge in [-0.25, -0.2) is 0 Å². The van der Waals surface area contributed by atoms with Crippen molar-refractivity contribution in [2.75, 3.05) is 6.54 Å². The van der Waals surface area contributed by atoms with Gasteiger partial charge in [0.2, 0.25) is 5.69 Å². The van der Waals surface area contributed by atoms with Gasteiger partial charge in [0.25, 0.3) is 0 Å². The van der Waals surface area contributed by atoms with Gasteiger partial charge in [0.05, 0.1) is 5.92 Å². The molecule has 0 radical (unpaired) electrons. The van der Waals surface area contributed by atoms with Crippen LogP contribution in [0, 0.1) is 11.8 Å². The average molecular weight is 229 g/mol. The second-order valence-corrected chi connectivity index (χ2v) is 5.75. The van der Waals surface area contributed by atoms with Gasteiger partial charge in [0.15, 0.2) is 6.54 Å². The predicted molar refractivity (Wildman–Crippen MR) is 68.6 cm³/mol. The van der Waals surface area contributed by atoms with Crippen LogP contribution in [0.1, 0.15) is 33.1 Å². The van der Waals surface area contributed by atoms with Crippen molar-refractivity contribution in [2.24, 2.45) is 17.0 Å². The Morgan fingerprint density at radius 2 is 2.06 bits per heavy atom. The number of azo groups is 2. The topological polar surface area (TPSA) is 15.4 Å². The summed E-state index contributed by atoms with van der Waals surface area (Å²) in [5.74, 6) is 1.42. The summed E-state index contributed by atoms with van der Waals surface area (Å²) in [6, 6.07) is 10.6. The molecule has 1 heterocycles. The van der Waals surface area contributed by atoms with Crippen LogP contribution in [0.4, 0.5) is 5.69 Å². The predicted octanol–water partition coefficient (Wildman–Crippen LogP) is 3.99. The van der Waals surface area contributed by atoms with Crippen LogP contribution in [0.5, 0.6) is 0 Å². The third-order valence-corrected chi connectivity index (χ3v) is 4.59. The summed E-state index contributed by atoms with van der Waals surface area (Å²) < 4.78 is 2.24. The molecule has 0 saturated heterocycles. The van der Waals surface area contributed by atoms with Gasteiger partial charge in [-0.3, -0.25) is 0 Å². The van der Waals surface area contributed by atoms with Crippen molar-refractivity contribution in [3.63, 3.8) is 0 Å². The fraction of sp³-hybridized carbons (Fsp3) is 0.600. The lowest BCUT2D eigenvalue weighted by Crippen LogP contribution is -2.34. The summed E-state index contributed by atoms with van der Waals surface area (Å²) in [5.41, 5.74) is 1.48. The van der Waals surface area contributed by atoms with E-state index < -0.39 is 0 Å². The minimum absolute atomic E-state index is 0.232. The van der Waals surface area contributed by atoms with Crippen LogP contribution in [0.15, 0.2) is 35.4 Å². The lowest BCUT2D eigenvalue weighted by atomic mass is 9.79. The van der Waals surface area contributed by atoms with Gasteiger partial charge in [-0.05, 0) is 23.9 Å². The molecule has 0 amide bonds. The van der Waals surface area contributed by atoms with E-state index in [2.05, 4.69) is 48.9 Å². The highest BCUT2D eigenvalue weighted by atomic mass is 15.3. The summed E-state index contributed by atoms with van der Waals surface area (Å²) in [4.78, 5) is 0. The lowest BCUT2D eigenvalue weighted by Gasteiger charge is -2.24. The van der Waals surface area contributed by atoms with Crippen LogP contribution >= 0.6 is 0 Å². The van der Waals surface area contributed by atoms with Crippen LogP contribution in [-0.4, -0.2) is 16.8 Å². The first-order valence-electron chi connectivity index (χ1n) is 6.78. The van der Waals surface area contributed by atoms with Gasteiger partial charge in [0, 0.05) is 12.1 Å². The van der Waals surface area contributed by atoms with E-state index in [1.165, 1.54) is 24.9 Å². The molecule has 1 aromatic rings. The zero-order valence-corrected chi connectivity index (χ0v) is 10.8. The Labute approximate surface area is 103 Å². The molecular formula is C15H21N2+. The fourth-order valence-electron chi connectivity index (χ4n) is 3.58. The van der Waals surface area contributed by atoms with Crippen molar-refractivity contribution < 1.29 is 4.70 Å². The first kappa shape index (κ1) is 10.9. The summed E-state index contributed by atoms with van der Waals surface area (Å²) in [6.45, 7) is 5.77. The van der Waals surface area contributed by atoms with Gasteiger partial charge in [-0.15, -0.1) is 0 Å². The zero-order chi connectivity index (χ0) is 11.9. The monoisotopic (exact) mass is 229 g/mol. The summed E-state index contributed by atoms with van der Waals surface area (Å²) in [5, 5.41) is 5.08. The molecule has 0 bridgehead atoms. The van der Waals surface area contributed by atoms with Crippen LogP contribution in [0.3, 0.4) is 0 Å². The average Bonchev–Trinajstić information content (AvgIpc) is 2.87.